The number of nitrogens with one attached hydrogen (secondary N) is 1. The predicted molar refractivity (Wildman–Crippen MR) is 123 cm³/mol. The minimum Gasteiger partial charge on any atom is -0.481 e. The highest BCUT2D eigenvalue weighted by Gasteiger charge is 2.30. The molecule has 178 valence electrons. The van der Waals surface area contributed by atoms with Gasteiger partial charge in [0.1, 0.15) is 11.2 Å². The molecule has 0 bridgehead atoms. The average molecular weight is 448 g/mol. The molecule has 32 heavy (non-hydrogen) atoms. The van der Waals surface area contributed by atoms with Gasteiger partial charge >= 0.3 is 18.0 Å². The maximum Gasteiger partial charge on any atom is 0.412 e. The van der Waals surface area contributed by atoms with Crippen molar-refractivity contribution in [2.45, 2.75) is 97.2 Å². The number of hydrogen-bond donors (Lipinski definition) is 2. The second kappa shape index (κ2) is 10.4. The molecule has 0 unspecified atom stereocenters. The molecule has 1 saturated carbocycles. The molecule has 1 aliphatic carbocycles. The monoisotopic (exact) mass is 447 g/mol. The quantitative estimate of drug-likeness (QED) is 0.545. The van der Waals surface area contributed by atoms with Crippen LogP contribution in [0.2, 0.25) is 0 Å². The molecule has 0 radical (unpaired) electrons. The van der Waals surface area contributed by atoms with Gasteiger partial charge in [-0.05, 0) is 96.8 Å². The van der Waals surface area contributed by atoms with E-state index >= 15 is 0 Å². The predicted octanol–water partition coefficient (Wildman–Crippen LogP) is 5.67. The third-order valence-electron chi connectivity index (χ3n) is 5.32. The lowest BCUT2D eigenvalue weighted by atomic mass is 9.78. The van der Waals surface area contributed by atoms with E-state index in [4.69, 9.17) is 14.6 Å². The molecule has 1 aromatic carbocycles. The molecule has 1 aromatic rings. The number of rotatable bonds is 6. The molecular formula is C25H37NO6. The van der Waals surface area contributed by atoms with Crippen molar-refractivity contribution in [1.29, 1.82) is 0 Å². The van der Waals surface area contributed by atoms with Gasteiger partial charge in [0.25, 0.3) is 0 Å². The number of carbonyl (C=O) groups excluding carboxylic acids is 2. The van der Waals surface area contributed by atoms with Gasteiger partial charge < -0.3 is 14.6 Å². The van der Waals surface area contributed by atoms with Crippen LogP contribution in [0.1, 0.15) is 90.7 Å². The van der Waals surface area contributed by atoms with Gasteiger partial charge in [-0.15, -0.1) is 0 Å². The van der Waals surface area contributed by atoms with Crippen LogP contribution in [0.5, 0.6) is 0 Å². The Morgan fingerprint density at radius 1 is 0.969 bits per heavy atom. The van der Waals surface area contributed by atoms with E-state index < -0.39 is 23.3 Å². The summed E-state index contributed by atoms with van der Waals surface area (Å²) in [5.74, 6) is -0.842. The average Bonchev–Trinajstić information content (AvgIpc) is 2.64. The summed E-state index contributed by atoms with van der Waals surface area (Å²) >= 11 is 0. The third kappa shape index (κ3) is 8.52. The zero-order valence-electron chi connectivity index (χ0n) is 20.1. The summed E-state index contributed by atoms with van der Waals surface area (Å²) in [4.78, 5) is 35.8. The Morgan fingerprint density at radius 3 is 2.09 bits per heavy atom. The molecule has 0 atom stereocenters. The van der Waals surface area contributed by atoms with E-state index in [-0.39, 0.29) is 24.2 Å². The molecule has 1 amide bonds. The number of esters is 1. The summed E-state index contributed by atoms with van der Waals surface area (Å²) in [6.45, 7) is 11.0. The number of amides is 1. The van der Waals surface area contributed by atoms with Crippen molar-refractivity contribution in [2.75, 3.05) is 5.32 Å². The van der Waals surface area contributed by atoms with Crippen LogP contribution in [-0.2, 0) is 25.5 Å². The maximum atomic E-state index is 12.4. The Labute approximate surface area is 190 Å². The van der Waals surface area contributed by atoms with Gasteiger partial charge in [-0.3, -0.25) is 14.9 Å². The molecule has 1 fully saturated rings. The minimum absolute atomic E-state index is 0.0245. The Balaban J connectivity index is 2.12. The standard InChI is InChI=1S/C25H37NO6/c1-24(2,3)31-22(29)18-10-7-16(8-11-18)19-12-9-17(13-14-21(27)28)20(15-19)26-23(30)32-25(4,5)6/h9,12,15-16,18H,7-8,10-11,13-14H2,1-6H3,(H,26,30)(H,27,28). The zero-order chi connectivity index (χ0) is 24.1. The second-order valence-electron chi connectivity index (χ2n) is 10.5. The Hall–Kier alpha value is -2.57. The van der Waals surface area contributed by atoms with Crippen LogP contribution in [0, 0.1) is 5.92 Å². The first-order chi connectivity index (χ1) is 14.7. The molecule has 1 aliphatic rings. The van der Waals surface area contributed by atoms with Crippen LogP contribution >= 0.6 is 0 Å². The minimum atomic E-state index is -0.891. The van der Waals surface area contributed by atoms with Crippen molar-refractivity contribution in [3.63, 3.8) is 0 Å². The molecule has 0 spiro atoms. The number of hydrogen-bond acceptors (Lipinski definition) is 5. The Bertz CT molecular complexity index is 826. The largest absolute Gasteiger partial charge is 0.481 e. The first-order valence-corrected chi connectivity index (χ1v) is 11.3. The van der Waals surface area contributed by atoms with Crippen molar-refractivity contribution in [3.05, 3.63) is 29.3 Å². The highest BCUT2D eigenvalue weighted by Crippen LogP contribution is 2.38. The Morgan fingerprint density at radius 2 is 1.56 bits per heavy atom. The molecule has 0 heterocycles. The normalized spacial score (nSPS) is 19.2. The van der Waals surface area contributed by atoms with Crippen LogP contribution in [0.15, 0.2) is 18.2 Å². The lowest BCUT2D eigenvalue weighted by Crippen LogP contribution is -2.30. The number of aryl methyl sites for hydroxylation is 1. The summed E-state index contributed by atoms with van der Waals surface area (Å²) in [5.41, 5.74) is 1.28. The summed E-state index contributed by atoms with van der Waals surface area (Å²) < 4.78 is 10.9. The first-order valence-electron chi connectivity index (χ1n) is 11.3. The molecule has 7 heteroatoms. The molecule has 2 N–H and O–H groups in total. The first kappa shape index (κ1) is 25.7. The highest BCUT2D eigenvalue weighted by atomic mass is 16.6. The lowest BCUT2D eigenvalue weighted by Gasteiger charge is -2.30. The van der Waals surface area contributed by atoms with Crippen molar-refractivity contribution >= 4 is 23.7 Å². The summed E-state index contributed by atoms with van der Waals surface area (Å²) in [5, 5.41) is 11.8. The van der Waals surface area contributed by atoms with Gasteiger partial charge in [0.2, 0.25) is 0 Å². The van der Waals surface area contributed by atoms with E-state index in [0.717, 1.165) is 36.8 Å². The van der Waals surface area contributed by atoms with Gasteiger partial charge in [0, 0.05) is 12.1 Å². The van der Waals surface area contributed by atoms with E-state index in [1.165, 1.54) is 0 Å². The van der Waals surface area contributed by atoms with E-state index in [0.29, 0.717) is 12.1 Å². The van der Waals surface area contributed by atoms with E-state index in [9.17, 15) is 14.4 Å². The smallest absolute Gasteiger partial charge is 0.412 e. The molecule has 0 aliphatic heterocycles. The molecule has 7 nitrogen and oxygen atoms in total. The van der Waals surface area contributed by atoms with Gasteiger partial charge in [0.05, 0.1) is 5.92 Å². The topological polar surface area (TPSA) is 102 Å². The number of aliphatic carboxylic acids is 1. The van der Waals surface area contributed by atoms with Gasteiger partial charge in [0.15, 0.2) is 0 Å². The fourth-order valence-electron chi connectivity index (χ4n) is 3.89. The fraction of sp³-hybridized carbons (Fsp3) is 0.640. The third-order valence-corrected chi connectivity index (χ3v) is 5.32. The van der Waals surface area contributed by atoms with Crippen molar-refractivity contribution in [2.24, 2.45) is 5.92 Å². The zero-order valence-corrected chi connectivity index (χ0v) is 20.1. The lowest BCUT2D eigenvalue weighted by molar-refractivity contribution is -0.161. The van der Waals surface area contributed by atoms with Gasteiger partial charge in [-0.2, -0.15) is 0 Å². The van der Waals surface area contributed by atoms with Crippen LogP contribution in [0.4, 0.5) is 10.5 Å². The Kier molecular flexibility index (Phi) is 8.32. The maximum absolute atomic E-state index is 12.4. The van der Waals surface area contributed by atoms with E-state index in [1.807, 2.05) is 39.0 Å². The number of benzene rings is 1. The second-order valence-corrected chi connectivity index (χ2v) is 10.5. The number of carbonyl (C=O) groups is 3. The summed E-state index contributed by atoms with van der Waals surface area (Å²) in [7, 11) is 0. The van der Waals surface area contributed by atoms with Crippen molar-refractivity contribution < 1.29 is 29.0 Å². The molecular weight excluding hydrogens is 410 g/mol. The SMILES string of the molecule is CC(C)(C)OC(=O)Nc1cc(C2CCC(C(=O)OC(C)(C)C)CC2)ccc1CCC(=O)O. The van der Waals surface area contributed by atoms with E-state index in [2.05, 4.69) is 5.32 Å². The fourth-order valence-corrected chi connectivity index (χ4v) is 3.89. The summed E-state index contributed by atoms with van der Waals surface area (Å²) in [6, 6.07) is 5.79. The molecule has 2 rings (SSSR count). The number of anilines is 1. The molecule has 0 aromatic heterocycles. The highest BCUT2D eigenvalue weighted by molar-refractivity contribution is 5.86. The number of carboxylic acid groups (broad SMARTS) is 1. The van der Waals surface area contributed by atoms with Crippen LogP contribution < -0.4 is 5.32 Å². The van der Waals surface area contributed by atoms with Crippen LogP contribution in [-0.4, -0.2) is 34.3 Å². The van der Waals surface area contributed by atoms with Crippen molar-refractivity contribution in [3.8, 4) is 0 Å². The molecule has 0 saturated heterocycles. The number of carboxylic acids is 1. The van der Waals surface area contributed by atoms with Crippen LogP contribution in [0.3, 0.4) is 0 Å². The van der Waals surface area contributed by atoms with Crippen molar-refractivity contribution in [1.82, 2.24) is 0 Å². The summed E-state index contributed by atoms with van der Waals surface area (Å²) in [6.07, 6.45) is 2.94. The van der Waals surface area contributed by atoms with Gasteiger partial charge in [-0.25, -0.2) is 4.79 Å². The van der Waals surface area contributed by atoms with E-state index in [1.54, 1.807) is 20.8 Å². The van der Waals surface area contributed by atoms with Gasteiger partial charge in [-0.1, -0.05) is 12.1 Å². The van der Waals surface area contributed by atoms with Crippen LogP contribution in [0.25, 0.3) is 0 Å². The number of ether oxygens (including phenoxy) is 2.